The fourth-order valence-electron chi connectivity index (χ4n) is 2.14. The second-order valence-corrected chi connectivity index (χ2v) is 6.63. The Hall–Kier alpha value is -0.180. The van der Waals surface area contributed by atoms with Crippen LogP contribution in [0.4, 0.5) is 0 Å². The van der Waals surface area contributed by atoms with E-state index >= 15 is 0 Å². The summed E-state index contributed by atoms with van der Waals surface area (Å²) in [6.45, 7) is 4.42. The van der Waals surface area contributed by atoms with Gasteiger partial charge in [0.2, 0.25) is 0 Å². The molecule has 0 saturated heterocycles. The minimum absolute atomic E-state index is 0.173. The highest BCUT2D eigenvalue weighted by molar-refractivity contribution is 8.00. The molecule has 0 aromatic rings. The molecule has 19 heavy (non-hydrogen) atoms. The first kappa shape index (κ1) is 18.8. The van der Waals surface area contributed by atoms with Crippen molar-refractivity contribution in [1.82, 2.24) is 0 Å². The van der Waals surface area contributed by atoms with Crippen molar-refractivity contribution in [3.05, 3.63) is 0 Å². The first-order chi connectivity index (χ1) is 9.22. The molecule has 0 aromatic carbocycles. The summed E-state index contributed by atoms with van der Waals surface area (Å²) < 4.78 is 0. The van der Waals surface area contributed by atoms with Gasteiger partial charge in [0, 0.05) is 0 Å². The van der Waals surface area contributed by atoms with Crippen molar-refractivity contribution in [3.63, 3.8) is 0 Å². The summed E-state index contributed by atoms with van der Waals surface area (Å²) in [5.74, 6) is 0.390. The summed E-state index contributed by atoms with van der Waals surface area (Å²) >= 11 is 1.65. The largest absolute Gasteiger partial charge is 0.480 e. The van der Waals surface area contributed by atoms with Gasteiger partial charge in [-0.2, -0.15) is 0 Å². The summed E-state index contributed by atoms with van der Waals surface area (Å²) in [5.41, 5.74) is 0. The number of carbonyl (C=O) groups is 1. The second kappa shape index (κ2) is 14.2. The monoisotopic (exact) mass is 288 g/mol. The Morgan fingerprint density at radius 1 is 0.895 bits per heavy atom. The summed E-state index contributed by atoms with van der Waals surface area (Å²) in [6, 6.07) is 0. The molecular weight excluding hydrogens is 256 g/mol. The Morgan fingerprint density at radius 2 is 1.42 bits per heavy atom. The molecule has 0 aliphatic rings. The maximum Gasteiger partial charge on any atom is 0.316 e. The van der Waals surface area contributed by atoms with Crippen molar-refractivity contribution in [2.75, 3.05) is 5.75 Å². The first-order valence-electron chi connectivity index (χ1n) is 8.06. The average molecular weight is 288 g/mol. The number of hydrogen-bond donors (Lipinski definition) is 1. The van der Waals surface area contributed by atoms with Crippen LogP contribution < -0.4 is 0 Å². The third kappa shape index (κ3) is 12.6. The van der Waals surface area contributed by atoms with E-state index in [1.54, 1.807) is 11.8 Å². The Labute approximate surface area is 123 Å². The van der Waals surface area contributed by atoms with E-state index in [2.05, 4.69) is 13.8 Å². The van der Waals surface area contributed by atoms with Gasteiger partial charge in [0.1, 0.15) is 5.25 Å². The predicted molar refractivity (Wildman–Crippen MR) is 86.0 cm³/mol. The molecule has 1 atom stereocenters. The number of unbranched alkanes of at least 4 members (excludes halogenated alkanes) is 8. The molecule has 0 radical (unpaired) electrons. The van der Waals surface area contributed by atoms with Crippen LogP contribution in [0.1, 0.15) is 84.5 Å². The van der Waals surface area contributed by atoms with E-state index in [-0.39, 0.29) is 5.25 Å². The van der Waals surface area contributed by atoms with Crippen molar-refractivity contribution < 1.29 is 9.90 Å². The van der Waals surface area contributed by atoms with Gasteiger partial charge in [-0.25, -0.2) is 0 Å². The zero-order valence-corrected chi connectivity index (χ0v) is 13.6. The van der Waals surface area contributed by atoms with Crippen LogP contribution in [0, 0.1) is 0 Å². The molecule has 0 aliphatic heterocycles. The number of rotatable bonds is 14. The van der Waals surface area contributed by atoms with Crippen LogP contribution in [0.25, 0.3) is 0 Å². The smallest absolute Gasteiger partial charge is 0.316 e. The molecule has 0 bridgehead atoms. The van der Waals surface area contributed by atoms with Gasteiger partial charge in [0.05, 0.1) is 0 Å². The van der Waals surface area contributed by atoms with Crippen molar-refractivity contribution >= 4 is 17.7 Å². The second-order valence-electron chi connectivity index (χ2n) is 5.31. The molecular formula is C16H32O2S. The molecule has 0 aliphatic carbocycles. The molecule has 0 unspecified atom stereocenters. The number of aliphatic carboxylic acids is 1. The molecule has 0 saturated carbocycles. The molecule has 2 nitrogen and oxygen atoms in total. The van der Waals surface area contributed by atoms with Crippen molar-refractivity contribution in [2.45, 2.75) is 89.7 Å². The van der Waals surface area contributed by atoms with Gasteiger partial charge >= 0.3 is 5.97 Å². The lowest BCUT2D eigenvalue weighted by Crippen LogP contribution is -2.16. The third-order valence-corrected chi connectivity index (χ3v) is 4.78. The van der Waals surface area contributed by atoms with Gasteiger partial charge in [0.25, 0.3) is 0 Å². The summed E-state index contributed by atoms with van der Waals surface area (Å²) in [4.78, 5) is 11.2. The number of carboxylic acid groups (broad SMARTS) is 1. The van der Waals surface area contributed by atoms with Gasteiger partial charge in [-0.05, 0) is 18.6 Å². The normalized spacial score (nSPS) is 12.5. The zero-order valence-electron chi connectivity index (χ0n) is 12.8. The van der Waals surface area contributed by atoms with Gasteiger partial charge in [-0.3, -0.25) is 4.79 Å². The van der Waals surface area contributed by atoms with E-state index in [9.17, 15) is 9.90 Å². The highest BCUT2D eigenvalue weighted by Crippen LogP contribution is 2.20. The lowest BCUT2D eigenvalue weighted by atomic mass is 10.1. The first-order valence-corrected chi connectivity index (χ1v) is 9.11. The molecule has 114 valence electrons. The maximum absolute atomic E-state index is 11.2. The number of hydrogen-bond acceptors (Lipinski definition) is 2. The summed E-state index contributed by atoms with van der Waals surface area (Å²) in [6.07, 6.45) is 13.2. The van der Waals surface area contributed by atoms with E-state index in [4.69, 9.17) is 0 Å². The van der Waals surface area contributed by atoms with E-state index < -0.39 is 5.97 Å². The Bertz CT molecular complexity index is 207. The van der Waals surface area contributed by atoms with Crippen LogP contribution in [0.15, 0.2) is 0 Å². The average Bonchev–Trinajstić information content (AvgIpc) is 2.39. The van der Waals surface area contributed by atoms with E-state index in [0.29, 0.717) is 0 Å². The number of carboxylic acids is 1. The SMILES string of the molecule is CCCCCCCC[C@@H](SCCCCCC)C(=O)O. The molecule has 0 heterocycles. The lowest BCUT2D eigenvalue weighted by Gasteiger charge is -2.11. The standard InChI is InChI=1S/C16H32O2S/c1-3-5-7-9-10-11-13-15(16(17)18)19-14-12-8-6-4-2/h15H,3-14H2,1-2H3,(H,17,18)/t15-/m1/s1. The third-order valence-electron chi connectivity index (χ3n) is 3.41. The summed E-state index contributed by atoms with van der Waals surface area (Å²) in [7, 11) is 0. The van der Waals surface area contributed by atoms with Gasteiger partial charge < -0.3 is 5.11 Å². The Morgan fingerprint density at radius 3 is 2.00 bits per heavy atom. The highest BCUT2D eigenvalue weighted by atomic mass is 32.2. The van der Waals surface area contributed by atoms with Crippen LogP contribution in [0.2, 0.25) is 0 Å². The molecule has 3 heteroatoms. The molecule has 1 N–H and O–H groups in total. The molecule has 0 aromatic heterocycles. The fraction of sp³-hybridized carbons (Fsp3) is 0.938. The van der Waals surface area contributed by atoms with Crippen LogP contribution in [0.5, 0.6) is 0 Å². The quantitative estimate of drug-likeness (QED) is 0.429. The molecule has 0 rings (SSSR count). The molecule has 0 spiro atoms. The van der Waals surface area contributed by atoms with Gasteiger partial charge in [-0.1, -0.05) is 71.6 Å². The lowest BCUT2D eigenvalue weighted by molar-refractivity contribution is -0.136. The number of thioether (sulfide) groups is 1. The van der Waals surface area contributed by atoms with E-state index in [1.165, 1.54) is 57.8 Å². The minimum atomic E-state index is -0.617. The van der Waals surface area contributed by atoms with Crippen LogP contribution in [0.3, 0.4) is 0 Å². The topological polar surface area (TPSA) is 37.3 Å². The molecule has 0 fully saturated rings. The zero-order chi connectivity index (χ0) is 14.3. The Balaban J connectivity index is 3.54. The van der Waals surface area contributed by atoms with E-state index in [0.717, 1.165) is 18.6 Å². The Kier molecular flexibility index (Phi) is 14.1. The van der Waals surface area contributed by atoms with Gasteiger partial charge in [0.15, 0.2) is 0 Å². The predicted octanol–water partition coefficient (Wildman–Crippen LogP) is 5.50. The van der Waals surface area contributed by atoms with Crippen LogP contribution in [-0.4, -0.2) is 22.1 Å². The minimum Gasteiger partial charge on any atom is -0.480 e. The van der Waals surface area contributed by atoms with E-state index in [1.807, 2.05) is 0 Å². The van der Waals surface area contributed by atoms with Crippen molar-refractivity contribution in [2.24, 2.45) is 0 Å². The van der Waals surface area contributed by atoms with Crippen LogP contribution >= 0.6 is 11.8 Å². The van der Waals surface area contributed by atoms with Gasteiger partial charge in [-0.15, -0.1) is 11.8 Å². The van der Waals surface area contributed by atoms with Crippen molar-refractivity contribution in [1.29, 1.82) is 0 Å². The van der Waals surface area contributed by atoms with Crippen molar-refractivity contribution in [3.8, 4) is 0 Å². The fourth-order valence-corrected chi connectivity index (χ4v) is 3.27. The summed E-state index contributed by atoms with van der Waals surface area (Å²) in [5, 5.41) is 9.02. The van der Waals surface area contributed by atoms with Crippen LogP contribution in [-0.2, 0) is 4.79 Å². The highest BCUT2D eigenvalue weighted by Gasteiger charge is 2.16. The maximum atomic E-state index is 11.2. The molecule has 0 amide bonds.